The second-order valence-corrected chi connectivity index (χ2v) is 35.2. The first kappa shape index (κ1) is 103. The molecule has 722 valence electrons. The lowest BCUT2D eigenvalue weighted by Gasteiger charge is -2.38. The van der Waals surface area contributed by atoms with E-state index in [1.165, 1.54) is 79.5 Å². The minimum Gasteiger partial charge on any atom is -0.508 e. The normalized spacial score (nSPS) is 23.4. The number of nitrogens with zero attached hydrogens (tertiary/aromatic N) is 5. The number of primary amides is 1. The van der Waals surface area contributed by atoms with Gasteiger partial charge in [-0.3, -0.25) is 76.7 Å². The van der Waals surface area contributed by atoms with Gasteiger partial charge in [-0.1, -0.05) is 137 Å². The number of H-pyrrole nitrogens is 1. The van der Waals surface area contributed by atoms with E-state index in [4.69, 9.17) is 5.73 Å². The Bertz CT molecular complexity index is 5410. The van der Waals surface area contributed by atoms with E-state index in [-0.39, 0.29) is 94.4 Å². The van der Waals surface area contributed by atoms with Crippen molar-refractivity contribution < 1.29 is 110 Å². The fourth-order valence-corrected chi connectivity index (χ4v) is 17.6. The van der Waals surface area contributed by atoms with Gasteiger partial charge < -0.3 is 103 Å². The number of aliphatic hydroxyl groups excluding tert-OH is 1. The highest BCUT2D eigenvalue weighted by Gasteiger charge is 2.47. The fourth-order valence-electron chi connectivity index (χ4n) is 16.7. The van der Waals surface area contributed by atoms with Crippen molar-refractivity contribution in [3.8, 4) is 11.5 Å². The molecular formula is C95H115F3N16O20S. The van der Waals surface area contributed by atoms with E-state index in [0.29, 0.717) is 69.0 Å². The summed E-state index contributed by atoms with van der Waals surface area (Å²) in [5.74, 6) is -24.3. The maximum absolute atomic E-state index is 15.7. The van der Waals surface area contributed by atoms with Crippen molar-refractivity contribution in [2.75, 3.05) is 58.9 Å². The first-order valence-electron chi connectivity index (χ1n) is 44.5. The number of carboxylic acids is 1. The van der Waals surface area contributed by atoms with E-state index < -0.39 is 247 Å². The molecule has 0 bridgehead atoms. The molecule has 4 heterocycles. The molecule has 40 heteroatoms. The Kier molecular flexibility index (Phi) is 37.2. The number of nitrogens with one attached hydrogen (secondary N) is 10. The largest absolute Gasteiger partial charge is 0.508 e. The molecular weight excluding hydrogens is 1770 g/mol. The number of aliphatic carboxylic acids is 1. The van der Waals surface area contributed by atoms with Gasteiger partial charge in [0.25, 0.3) is 0 Å². The number of benzene rings is 6. The third kappa shape index (κ3) is 28.1. The Hall–Kier alpha value is -13.9. The lowest BCUT2D eigenvalue weighted by atomic mass is 9.98. The number of unbranched alkanes of at least 4 members (excludes halogenated alkanes) is 1. The van der Waals surface area contributed by atoms with E-state index in [9.17, 15) is 58.4 Å². The van der Waals surface area contributed by atoms with Gasteiger partial charge in [0.05, 0.1) is 18.7 Å². The highest BCUT2D eigenvalue weighted by atomic mass is 32.2. The van der Waals surface area contributed by atoms with Gasteiger partial charge in [-0.15, -0.1) is 11.8 Å². The van der Waals surface area contributed by atoms with Gasteiger partial charge in [0.1, 0.15) is 90.0 Å². The number of halogens is 3. The Morgan fingerprint density at radius 2 is 0.970 bits per heavy atom. The van der Waals surface area contributed by atoms with E-state index in [1.54, 1.807) is 112 Å². The summed E-state index contributed by atoms with van der Waals surface area (Å²) >= 11 is 0.628. The Balaban J connectivity index is 1.05. The second kappa shape index (κ2) is 48.7. The fraction of sp³-hybridized carbons (Fsp3) is 0.432. The molecule has 0 saturated carbocycles. The van der Waals surface area contributed by atoms with Crippen molar-refractivity contribution in [3.05, 3.63) is 203 Å². The van der Waals surface area contributed by atoms with Gasteiger partial charge in [0.15, 0.2) is 17.5 Å². The number of aromatic hydroxyl groups is 2. The summed E-state index contributed by atoms with van der Waals surface area (Å²) in [7, 11) is 3.74. The number of carboxylic acid groups (broad SMARTS) is 1. The van der Waals surface area contributed by atoms with Crippen LogP contribution in [0.3, 0.4) is 0 Å². The van der Waals surface area contributed by atoms with Crippen LogP contribution in [0.1, 0.15) is 112 Å². The van der Waals surface area contributed by atoms with Gasteiger partial charge in [-0.05, 0) is 120 Å². The Morgan fingerprint density at radius 3 is 1.53 bits per heavy atom. The Labute approximate surface area is 781 Å². The summed E-state index contributed by atoms with van der Waals surface area (Å²) in [6, 6.07) is 14.5. The molecule has 16 N–H and O–H groups in total. The zero-order chi connectivity index (χ0) is 98.0. The minimum absolute atomic E-state index is 0.0154. The molecule has 3 saturated heterocycles. The number of phenolic OH excluding ortho intramolecular Hbond substituents is 2. The maximum atomic E-state index is 15.7. The number of aromatic amines is 1. The molecule has 0 radical (unpaired) electrons. The number of hydrogen-bond donors (Lipinski definition) is 15. The summed E-state index contributed by atoms with van der Waals surface area (Å²) < 4.78 is 45.0. The number of hydrogen-bond acceptors (Lipinski definition) is 20. The first-order chi connectivity index (χ1) is 64.4. The molecule has 0 unspecified atom stereocenters. The third-order valence-electron chi connectivity index (χ3n) is 24.1. The molecule has 15 amide bonds. The highest BCUT2D eigenvalue weighted by molar-refractivity contribution is 8.00. The van der Waals surface area contributed by atoms with E-state index >= 15 is 51.9 Å². The predicted octanol–water partition coefficient (Wildman–Crippen LogP) is 2.15. The topological polar surface area (TPSA) is 520 Å². The van der Waals surface area contributed by atoms with Crippen molar-refractivity contribution in [1.29, 1.82) is 0 Å². The molecule has 3 fully saturated rings. The van der Waals surface area contributed by atoms with E-state index in [0.717, 1.165) is 14.7 Å². The van der Waals surface area contributed by atoms with Crippen LogP contribution >= 0.6 is 11.8 Å². The summed E-state index contributed by atoms with van der Waals surface area (Å²) in [4.78, 5) is 247. The standard InChI is InChI=1S/C95H115F3N16O20S/c1-7-8-25-75-94(133)114-38-18-27-74(114)89(128)106-69(48-80(120)121)87(126)109-82(53(2)3)95(134)111(5)76(45-54-19-11-9-12-20-54)90(129)107-71(43-57-30-34-61(117)35-31-57)92(131)113-37-17-26-73(113)88(127)105-68(47-59-49-100-65-24-16-15-23-62(59)65)86(125)104-67(42-56-28-32-60(116)33-29-56)85(124)103-66(36-39-115)84(123)108-72(83(122)101-50-78(99)118)51-135-52-79(119)102-70(44-58-40-63(96)81(98)64(97)41-58)91(130)112(6)77(93(132)110(75)4)46-55-21-13-10-14-22-55/h9-16,19-24,28-35,40-41,49,53,66-77,82,100,115-117H,7-8,17-18,25-27,36-39,42-48,50-52H2,1-6H3,(H2,99,118)(H,101,122)(H,102,119)(H,103,124)(H,104,125)(H,105,127)(H,106,128)(H,107,129)(H,108,123)(H,109,126)(H,120,121)/t66-,67+,68+,69+,70-,71+,72+,73-,74-,75+,76-,77+,82+/m1/s1. The summed E-state index contributed by atoms with van der Waals surface area (Å²) in [6.07, 6.45) is -1.40. The van der Waals surface area contributed by atoms with Crippen LogP contribution in [0.25, 0.3) is 10.9 Å². The quantitative estimate of drug-likeness (QED) is 0.0408. The van der Waals surface area contributed by atoms with Gasteiger partial charge in [0, 0.05) is 102 Å². The average Bonchev–Trinajstić information content (AvgIpc) is 1.07. The van der Waals surface area contributed by atoms with Crippen LogP contribution < -0.4 is 53.6 Å². The Morgan fingerprint density at radius 1 is 0.496 bits per heavy atom. The lowest BCUT2D eigenvalue weighted by Crippen LogP contribution is -2.62. The summed E-state index contributed by atoms with van der Waals surface area (Å²) in [6.45, 7) is 3.08. The molecule has 1 aromatic heterocycles. The number of likely N-dealkylation sites (N-methyl/N-ethyl adjacent to an activating group) is 3. The molecule has 7 aromatic rings. The van der Waals surface area contributed by atoms with Crippen LogP contribution in [0.2, 0.25) is 0 Å². The molecule has 36 nitrogen and oxygen atoms in total. The van der Waals surface area contributed by atoms with Crippen molar-refractivity contribution >= 4 is 117 Å². The van der Waals surface area contributed by atoms with Crippen molar-refractivity contribution in [2.45, 2.75) is 196 Å². The number of carbonyl (C=O) groups is 16. The molecule has 3 aliphatic heterocycles. The number of carbonyl (C=O) groups excluding carboxylic acids is 15. The van der Waals surface area contributed by atoms with Crippen molar-refractivity contribution in [1.82, 2.24) is 77.3 Å². The number of rotatable bonds is 23. The third-order valence-corrected chi connectivity index (χ3v) is 25.1. The monoisotopic (exact) mass is 1890 g/mol. The molecule has 0 aliphatic carbocycles. The van der Waals surface area contributed by atoms with Gasteiger partial charge in [-0.2, -0.15) is 0 Å². The number of fused-ring (bicyclic) bond motifs is 3. The lowest BCUT2D eigenvalue weighted by molar-refractivity contribution is -0.152. The summed E-state index contributed by atoms with van der Waals surface area (Å²) in [5.41, 5.74) is 7.79. The van der Waals surface area contributed by atoms with Crippen molar-refractivity contribution in [2.24, 2.45) is 11.7 Å². The summed E-state index contributed by atoms with van der Waals surface area (Å²) in [5, 5.41) is 65.7. The van der Waals surface area contributed by atoms with Crippen molar-refractivity contribution in [3.63, 3.8) is 0 Å². The van der Waals surface area contributed by atoms with Crippen LogP contribution in [0, 0.1) is 23.4 Å². The van der Waals surface area contributed by atoms with E-state index in [1.807, 2.05) is 0 Å². The number of thioether (sulfide) groups is 1. The number of phenols is 2. The number of aromatic nitrogens is 1. The number of nitrogens with two attached hydrogens (primary N) is 1. The van der Waals surface area contributed by atoms with Crippen LogP contribution in [0.15, 0.2) is 152 Å². The SMILES string of the molecule is CCCC[C@H]1C(=O)N2CCC[C@@H]2C(=O)N[C@@H](CC(=O)O)C(=O)N[C@@H](C(C)C)C(=O)N(C)[C@H](Cc2ccccc2)C(=O)N[C@@H](Cc2ccc(O)cc2)C(=O)N2CCC[C@@H]2C(=O)N[C@@H](Cc2c[nH]c3ccccc23)C(=O)N[C@@H](Cc2ccc(O)cc2)C(=O)N[C@H](CCO)C(=O)N[C@H](C(=O)NCC(N)=O)CSCC(=O)N[C@H](Cc2cc(F)c(F)c(F)c2)C(=O)N(C)[C@@H](Cc2ccccc2)C(=O)N1C. The average molecular weight is 1890 g/mol. The molecule has 13 atom stereocenters. The van der Waals surface area contributed by atoms with Crippen LogP contribution in [-0.2, 0) is 115 Å². The van der Waals surface area contributed by atoms with Gasteiger partial charge in [0.2, 0.25) is 88.6 Å². The van der Waals surface area contributed by atoms with Gasteiger partial charge >= 0.3 is 5.97 Å². The smallest absolute Gasteiger partial charge is 0.305 e. The molecule has 10 rings (SSSR count). The van der Waals surface area contributed by atoms with E-state index in [2.05, 4.69) is 52.8 Å². The zero-order valence-electron chi connectivity index (χ0n) is 75.5. The van der Waals surface area contributed by atoms with Crippen LogP contribution in [0.5, 0.6) is 11.5 Å². The predicted molar refractivity (Wildman–Crippen MR) is 488 cm³/mol. The molecule has 3 aliphatic rings. The molecule has 135 heavy (non-hydrogen) atoms. The highest BCUT2D eigenvalue weighted by Crippen LogP contribution is 2.29. The maximum Gasteiger partial charge on any atom is 0.305 e. The zero-order valence-corrected chi connectivity index (χ0v) is 76.4. The second-order valence-electron chi connectivity index (χ2n) is 34.2. The first-order valence-corrected chi connectivity index (χ1v) is 45.7. The number of aliphatic hydroxyl groups is 1. The number of amides is 15. The van der Waals surface area contributed by atoms with Crippen LogP contribution in [0.4, 0.5) is 13.2 Å². The minimum atomic E-state index is -1.95. The van der Waals surface area contributed by atoms with Gasteiger partial charge in [-0.25, -0.2) is 13.2 Å². The van der Waals surface area contributed by atoms with Crippen LogP contribution in [-0.4, -0.2) is 282 Å². The molecule has 0 spiro atoms. The number of para-hydroxylation sites is 1. The molecule has 6 aromatic carbocycles.